The minimum Gasteiger partial charge on any atom is -0.497 e. The molecule has 0 aliphatic carbocycles. The predicted octanol–water partition coefficient (Wildman–Crippen LogP) is 2.83. The molecule has 8 heteroatoms. The fourth-order valence-corrected chi connectivity index (χ4v) is 2.63. The third-order valence-electron chi connectivity index (χ3n) is 4.10. The maximum atomic E-state index is 5.76. The Morgan fingerprint density at radius 3 is 2.61 bits per heavy atom. The van der Waals surface area contributed by atoms with Crippen LogP contribution in [-0.4, -0.2) is 65.2 Å². The van der Waals surface area contributed by atoms with Crippen LogP contribution in [0.15, 0.2) is 29.3 Å². The Bertz CT molecular complexity index is 537. The number of ether oxygens (including phenoxy) is 4. The van der Waals surface area contributed by atoms with E-state index in [1.165, 1.54) is 0 Å². The van der Waals surface area contributed by atoms with Crippen LogP contribution in [0.3, 0.4) is 0 Å². The van der Waals surface area contributed by atoms with Crippen LogP contribution >= 0.6 is 24.0 Å². The summed E-state index contributed by atoms with van der Waals surface area (Å²) in [6.07, 6.45) is 3.09. The first kappa shape index (κ1) is 24.8. The van der Waals surface area contributed by atoms with Gasteiger partial charge in [0.25, 0.3) is 0 Å². The molecule has 0 amide bonds. The minimum atomic E-state index is 0. The molecule has 0 radical (unpaired) electrons. The van der Waals surface area contributed by atoms with Crippen molar-refractivity contribution in [2.75, 3.05) is 53.2 Å². The van der Waals surface area contributed by atoms with Crippen LogP contribution in [0.1, 0.15) is 26.2 Å². The molecule has 1 fully saturated rings. The number of hydrogen-bond acceptors (Lipinski definition) is 5. The molecule has 1 heterocycles. The van der Waals surface area contributed by atoms with Crippen molar-refractivity contribution in [3.8, 4) is 11.5 Å². The second kappa shape index (κ2) is 15.6. The van der Waals surface area contributed by atoms with Crippen LogP contribution in [0.2, 0.25) is 0 Å². The molecule has 2 rings (SSSR count). The molecule has 0 spiro atoms. The van der Waals surface area contributed by atoms with E-state index in [0.29, 0.717) is 13.2 Å². The molecule has 0 aromatic heterocycles. The molecule has 1 aliphatic heterocycles. The Hall–Kier alpha value is -1.26. The highest BCUT2D eigenvalue weighted by atomic mass is 127. The molecule has 0 bridgehead atoms. The molecule has 28 heavy (non-hydrogen) atoms. The molecule has 0 saturated carbocycles. The van der Waals surface area contributed by atoms with Crippen LogP contribution in [0.4, 0.5) is 0 Å². The summed E-state index contributed by atoms with van der Waals surface area (Å²) in [5.41, 5.74) is 0. The van der Waals surface area contributed by atoms with Gasteiger partial charge in [-0.05, 0) is 44.0 Å². The third kappa shape index (κ3) is 10.3. The standard InChI is InChI=1S/C20H33N3O4.HI/c1-3-21-20(23-12-5-14-27-19-10-15-25-16-19)22-11-4-13-26-18-8-6-17(24-2)7-9-18;/h6-9,19H,3-5,10-16H2,1-2H3,(H2,21,22,23);1H. The van der Waals surface area contributed by atoms with Crippen LogP contribution in [-0.2, 0) is 9.47 Å². The first-order chi connectivity index (χ1) is 13.3. The lowest BCUT2D eigenvalue weighted by Gasteiger charge is -2.13. The zero-order valence-electron chi connectivity index (χ0n) is 16.9. The topological polar surface area (TPSA) is 73.3 Å². The van der Waals surface area contributed by atoms with Crippen LogP contribution in [0, 0.1) is 0 Å². The van der Waals surface area contributed by atoms with Crippen molar-refractivity contribution in [2.24, 2.45) is 4.99 Å². The van der Waals surface area contributed by atoms with E-state index in [1.54, 1.807) is 7.11 Å². The zero-order valence-corrected chi connectivity index (χ0v) is 19.3. The second-order valence-corrected chi connectivity index (χ2v) is 6.27. The average molecular weight is 507 g/mol. The van der Waals surface area contributed by atoms with Gasteiger partial charge in [-0.1, -0.05) is 0 Å². The summed E-state index contributed by atoms with van der Waals surface area (Å²) in [7, 11) is 1.65. The molecular formula is C20H34IN3O4. The minimum absolute atomic E-state index is 0. The lowest BCUT2D eigenvalue weighted by atomic mass is 10.3. The number of halogens is 1. The van der Waals surface area contributed by atoms with Crippen molar-refractivity contribution in [1.29, 1.82) is 0 Å². The maximum Gasteiger partial charge on any atom is 0.191 e. The van der Waals surface area contributed by atoms with Crippen molar-refractivity contribution >= 4 is 29.9 Å². The maximum absolute atomic E-state index is 5.76. The van der Waals surface area contributed by atoms with Gasteiger partial charge in [0, 0.05) is 39.3 Å². The summed E-state index contributed by atoms with van der Waals surface area (Å²) < 4.78 is 21.9. The Morgan fingerprint density at radius 1 is 1.14 bits per heavy atom. The van der Waals surface area contributed by atoms with E-state index in [9.17, 15) is 0 Å². The number of nitrogens with one attached hydrogen (secondary N) is 2. The Labute approximate surface area is 185 Å². The molecule has 1 aromatic rings. The van der Waals surface area contributed by atoms with Crippen molar-refractivity contribution in [3.63, 3.8) is 0 Å². The predicted molar refractivity (Wildman–Crippen MR) is 122 cm³/mol. The summed E-state index contributed by atoms with van der Waals surface area (Å²) in [6.45, 7) is 7.38. The van der Waals surface area contributed by atoms with Crippen molar-refractivity contribution in [2.45, 2.75) is 32.3 Å². The number of hydrogen-bond donors (Lipinski definition) is 2. The van der Waals surface area contributed by atoms with Crippen molar-refractivity contribution in [1.82, 2.24) is 10.6 Å². The Balaban J connectivity index is 0.00000392. The van der Waals surface area contributed by atoms with Gasteiger partial charge in [0.15, 0.2) is 5.96 Å². The van der Waals surface area contributed by atoms with E-state index in [2.05, 4.69) is 22.5 Å². The zero-order chi connectivity index (χ0) is 19.2. The molecule has 160 valence electrons. The van der Waals surface area contributed by atoms with E-state index >= 15 is 0 Å². The van der Waals surface area contributed by atoms with Gasteiger partial charge in [-0.25, -0.2) is 0 Å². The van der Waals surface area contributed by atoms with Crippen molar-refractivity contribution < 1.29 is 18.9 Å². The molecule has 7 nitrogen and oxygen atoms in total. The summed E-state index contributed by atoms with van der Waals surface area (Å²) >= 11 is 0. The van der Waals surface area contributed by atoms with Crippen LogP contribution < -0.4 is 20.1 Å². The number of rotatable bonds is 12. The molecule has 1 aliphatic rings. The quantitative estimate of drug-likeness (QED) is 0.196. The van der Waals surface area contributed by atoms with E-state index < -0.39 is 0 Å². The number of guanidine groups is 1. The molecule has 1 saturated heterocycles. The fraction of sp³-hybridized carbons (Fsp3) is 0.650. The highest BCUT2D eigenvalue weighted by Crippen LogP contribution is 2.16. The molecule has 1 atom stereocenters. The van der Waals surface area contributed by atoms with E-state index in [0.717, 1.165) is 69.6 Å². The number of aliphatic imine (C=N–C) groups is 1. The Kier molecular flexibility index (Phi) is 13.8. The Morgan fingerprint density at radius 2 is 1.93 bits per heavy atom. The van der Waals surface area contributed by atoms with Crippen molar-refractivity contribution in [3.05, 3.63) is 24.3 Å². The molecular weight excluding hydrogens is 473 g/mol. The number of benzene rings is 1. The third-order valence-corrected chi connectivity index (χ3v) is 4.10. The fourth-order valence-electron chi connectivity index (χ4n) is 2.63. The first-order valence-corrected chi connectivity index (χ1v) is 9.80. The van der Waals surface area contributed by atoms with Gasteiger partial charge in [0.2, 0.25) is 0 Å². The molecule has 2 N–H and O–H groups in total. The summed E-state index contributed by atoms with van der Waals surface area (Å²) in [4.78, 5) is 4.58. The van der Waals surface area contributed by atoms with Gasteiger partial charge in [-0.3, -0.25) is 4.99 Å². The van der Waals surface area contributed by atoms with Gasteiger partial charge < -0.3 is 29.6 Å². The van der Waals surface area contributed by atoms with E-state index in [-0.39, 0.29) is 30.1 Å². The summed E-state index contributed by atoms with van der Waals surface area (Å²) in [6, 6.07) is 7.61. The molecule has 1 aromatic carbocycles. The first-order valence-electron chi connectivity index (χ1n) is 9.80. The highest BCUT2D eigenvalue weighted by Gasteiger charge is 2.15. The normalized spacial score (nSPS) is 16.4. The van der Waals surface area contributed by atoms with Gasteiger partial charge >= 0.3 is 0 Å². The number of nitrogens with zero attached hydrogens (tertiary/aromatic N) is 1. The lowest BCUT2D eigenvalue weighted by molar-refractivity contribution is 0.0420. The van der Waals surface area contributed by atoms with Crippen LogP contribution in [0.5, 0.6) is 11.5 Å². The molecule has 1 unspecified atom stereocenters. The van der Waals surface area contributed by atoms with Gasteiger partial charge in [0.1, 0.15) is 11.5 Å². The van der Waals surface area contributed by atoms with Crippen LogP contribution in [0.25, 0.3) is 0 Å². The second-order valence-electron chi connectivity index (χ2n) is 6.27. The average Bonchev–Trinajstić information content (AvgIpc) is 3.21. The van der Waals surface area contributed by atoms with E-state index in [1.807, 2.05) is 24.3 Å². The largest absolute Gasteiger partial charge is 0.497 e. The monoisotopic (exact) mass is 507 g/mol. The van der Waals surface area contributed by atoms with Gasteiger partial charge in [-0.2, -0.15) is 0 Å². The lowest BCUT2D eigenvalue weighted by Crippen LogP contribution is -2.38. The smallest absolute Gasteiger partial charge is 0.191 e. The SMILES string of the molecule is CCNC(=NCCCOc1ccc(OC)cc1)NCCCOC1CCOC1.I. The van der Waals surface area contributed by atoms with E-state index in [4.69, 9.17) is 18.9 Å². The summed E-state index contributed by atoms with van der Waals surface area (Å²) in [5.74, 6) is 2.51. The summed E-state index contributed by atoms with van der Waals surface area (Å²) in [5, 5.41) is 6.60. The van der Waals surface area contributed by atoms with Gasteiger partial charge in [0.05, 0.1) is 26.4 Å². The van der Waals surface area contributed by atoms with Gasteiger partial charge in [-0.15, -0.1) is 24.0 Å². The number of methoxy groups -OCH3 is 1. The highest BCUT2D eigenvalue weighted by molar-refractivity contribution is 14.0.